The first-order valence-electron chi connectivity index (χ1n) is 5.35. The molecule has 0 spiro atoms. The molecule has 2 rings (SSSR count). The zero-order valence-electron chi connectivity index (χ0n) is 9.08. The number of halogens is 2. The summed E-state index contributed by atoms with van der Waals surface area (Å²) in [5.41, 5.74) is 0.311. The fourth-order valence-corrected chi connectivity index (χ4v) is 3.64. The Bertz CT molecular complexity index is 424. The van der Waals surface area contributed by atoms with Gasteiger partial charge in [-0.05, 0) is 30.7 Å². The maximum absolute atomic E-state index is 13.7. The van der Waals surface area contributed by atoms with Crippen molar-refractivity contribution in [3.05, 3.63) is 34.6 Å². The van der Waals surface area contributed by atoms with Gasteiger partial charge in [-0.25, -0.2) is 4.39 Å². The van der Waals surface area contributed by atoms with Crippen LogP contribution in [0.15, 0.2) is 18.2 Å². The van der Waals surface area contributed by atoms with Crippen molar-refractivity contribution < 1.29 is 14.3 Å². The third-order valence-electron chi connectivity index (χ3n) is 3.02. The van der Waals surface area contributed by atoms with E-state index >= 15 is 0 Å². The molecule has 1 fully saturated rings. The minimum absolute atomic E-state index is 0.151. The Kier molecular flexibility index (Phi) is 3.64. The SMILES string of the molecule is O=C(O)C1(Cc2c(F)cccc2Cl)CCCS1. The first kappa shape index (κ1) is 12.7. The highest BCUT2D eigenvalue weighted by molar-refractivity contribution is 8.01. The van der Waals surface area contributed by atoms with Crippen LogP contribution in [0.25, 0.3) is 0 Å². The van der Waals surface area contributed by atoms with E-state index in [4.69, 9.17) is 11.6 Å². The van der Waals surface area contributed by atoms with Crippen molar-refractivity contribution in [2.75, 3.05) is 5.75 Å². The third kappa shape index (κ3) is 2.43. The van der Waals surface area contributed by atoms with Gasteiger partial charge in [0.05, 0.1) is 0 Å². The average molecular weight is 275 g/mol. The molecule has 0 amide bonds. The summed E-state index contributed by atoms with van der Waals surface area (Å²) in [6.45, 7) is 0. The Morgan fingerprint density at radius 3 is 2.88 bits per heavy atom. The normalized spacial score (nSPS) is 23.9. The Hall–Kier alpha value is -0.740. The van der Waals surface area contributed by atoms with Gasteiger partial charge in [0.25, 0.3) is 0 Å². The molecule has 0 aromatic heterocycles. The van der Waals surface area contributed by atoms with Crippen LogP contribution in [-0.4, -0.2) is 21.6 Å². The van der Waals surface area contributed by atoms with Crippen LogP contribution < -0.4 is 0 Å². The van der Waals surface area contributed by atoms with E-state index in [2.05, 4.69) is 0 Å². The number of hydrogen-bond acceptors (Lipinski definition) is 2. The second-order valence-corrected chi connectivity index (χ2v) is 6.01. The van der Waals surface area contributed by atoms with E-state index in [0.717, 1.165) is 12.2 Å². The van der Waals surface area contributed by atoms with Gasteiger partial charge in [0.2, 0.25) is 0 Å². The van der Waals surface area contributed by atoms with Crippen LogP contribution in [0.4, 0.5) is 4.39 Å². The molecular weight excluding hydrogens is 263 g/mol. The zero-order valence-corrected chi connectivity index (χ0v) is 10.7. The monoisotopic (exact) mass is 274 g/mol. The summed E-state index contributed by atoms with van der Waals surface area (Å²) in [4.78, 5) is 11.4. The summed E-state index contributed by atoms with van der Waals surface area (Å²) >= 11 is 7.32. The second kappa shape index (κ2) is 4.86. The summed E-state index contributed by atoms with van der Waals surface area (Å²) in [5.74, 6) is -0.497. The quantitative estimate of drug-likeness (QED) is 0.918. The van der Waals surface area contributed by atoms with Crippen molar-refractivity contribution in [1.29, 1.82) is 0 Å². The van der Waals surface area contributed by atoms with Crippen LogP contribution in [-0.2, 0) is 11.2 Å². The van der Waals surface area contributed by atoms with Gasteiger partial charge in [-0.2, -0.15) is 0 Å². The van der Waals surface area contributed by atoms with Crippen molar-refractivity contribution in [2.24, 2.45) is 0 Å². The third-order valence-corrected chi connectivity index (χ3v) is 4.94. The van der Waals surface area contributed by atoms with Crippen molar-refractivity contribution in [3.63, 3.8) is 0 Å². The van der Waals surface area contributed by atoms with E-state index in [1.807, 2.05) is 0 Å². The van der Waals surface area contributed by atoms with E-state index in [-0.39, 0.29) is 6.42 Å². The lowest BCUT2D eigenvalue weighted by Gasteiger charge is -2.23. The van der Waals surface area contributed by atoms with E-state index in [0.29, 0.717) is 17.0 Å². The molecule has 0 aliphatic carbocycles. The predicted octanol–water partition coefficient (Wildman–Crippen LogP) is 3.37. The molecule has 0 saturated carbocycles. The summed E-state index contributed by atoms with van der Waals surface area (Å²) in [6.07, 6.45) is 1.57. The van der Waals surface area contributed by atoms with E-state index in [9.17, 15) is 14.3 Å². The molecule has 1 aromatic rings. The van der Waals surface area contributed by atoms with Crippen LogP contribution in [0.5, 0.6) is 0 Å². The first-order chi connectivity index (χ1) is 8.05. The Morgan fingerprint density at radius 1 is 1.59 bits per heavy atom. The maximum Gasteiger partial charge on any atom is 0.320 e. The Balaban J connectivity index is 2.33. The van der Waals surface area contributed by atoms with Crippen molar-refractivity contribution in [3.8, 4) is 0 Å². The van der Waals surface area contributed by atoms with Crippen molar-refractivity contribution >= 4 is 29.3 Å². The van der Waals surface area contributed by atoms with Crippen LogP contribution >= 0.6 is 23.4 Å². The molecule has 17 heavy (non-hydrogen) atoms. The van der Waals surface area contributed by atoms with E-state index < -0.39 is 16.5 Å². The topological polar surface area (TPSA) is 37.3 Å². The second-order valence-electron chi connectivity index (χ2n) is 4.13. The summed E-state index contributed by atoms with van der Waals surface area (Å²) in [7, 11) is 0. The lowest BCUT2D eigenvalue weighted by atomic mass is 9.94. The minimum atomic E-state index is -0.911. The molecule has 1 atom stereocenters. The van der Waals surface area contributed by atoms with E-state index in [1.54, 1.807) is 6.07 Å². The molecule has 0 bridgehead atoms. The molecule has 1 aliphatic rings. The summed E-state index contributed by atoms with van der Waals surface area (Å²) in [6, 6.07) is 4.43. The zero-order chi connectivity index (χ0) is 12.5. The smallest absolute Gasteiger partial charge is 0.320 e. The fraction of sp³-hybridized carbons (Fsp3) is 0.417. The Labute approximate surface area is 108 Å². The van der Waals surface area contributed by atoms with Gasteiger partial charge in [0, 0.05) is 17.0 Å². The van der Waals surface area contributed by atoms with Crippen molar-refractivity contribution in [2.45, 2.75) is 24.0 Å². The number of carbonyl (C=O) groups is 1. The standard InChI is InChI=1S/C12H12ClFO2S/c13-9-3-1-4-10(14)8(9)7-12(11(15)16)5-2-6-17-12/h1,3-4H,2,5-7H2,(H,15,16). The van der Waals surface area contributed by atoms with Gasteiger partial charge in [0.1, 0.15) is 10.6 Å². The summed E-state index contributed by atoms with van der Waals surface area (Å²) < 4.78 is 12.7. The van der Waals surface area contributed by atoms with Crippen LogP contribution in [0, 0.1) is 5.82 Å². The summed E-state index contributed by atoms with van der Waals surface area (Å²) in [5, 5.41) is 9.62. The first-order valence-corrected chi connectivity index (χ1v) is 6.72. The molecule has 92 valence electrons. The molecule has 1 N–H and O–H groups in total. The average Bonchev–Trinajstić information content (AvgIpc) is 2.73. The molecule has 1 aliphatic heterocycles. The van der Waals surface area contributed by atoms with E-state index in [1.165, 1.54) is 23.9 Å². The number of aliphatic carboxylic acids is 1. The van der Waals surface area contributed by atoms with Gasteiger partial charge in [-0.3, -0.25) is 4.79 Å². The number of carboxylic acid groups (broad SMARTS) is 1. The Morgan fingerprint density at radius 2 is 2.35 bits per heavy atom. The highest BCUT2D eigenvalue weighted by atomic mass is 35.5. The van der Waals surface area contributed by atoms with Crippen LogP contribution in [0.1, 0.15) is 18.4 Å². The molecule has 1 aromatic carbocycles. The number of thioether (sulfide) groups is 1. The van der Waals surface area contributed by atoms with Gasteiger partial charge in [0.15, 0.2) is 0 Å². The molecule has 1 saturated heterocycles. The van der Waals surface area contributed by atoms with Gasteiger partial charge in [-0.15, -0.1) is 11.8 Å². The highest BCUT2D eigenvalue weighted by Gasteiger charge is 2.43. The maximum atomic E-state index is 13.7. The minimum Gasteiger partial charge on any atom is -0.480 e. The lowest BCUT2D eigenvalue weighted by molar-refractivity contribution is -0.139. The molecular formula is C12H12ClFO2S. The molecule has 2 nitrogen and oxygen atoms in total. The molecule has 1 heterocycles. The van der Waals surface area contributed by atoms with Crippen LogP contribution in [0.3, 0.4) is 0 Å². The van der Waals surface area contributed by atoms with Crippen LogP contribution in [0.2, 0.25) is 5.02 Å². The van der Waals surface area contributed by atoms with Gasteiger partial charge >= 0.3 is 5.97 Å². The highest BCUT2D eigenvalue weighted by Crippen LogP contribution is 2.42. The number of benzene rings is 1. The largest absolute Gasteiger partial charge is 0.480 e. The number of hydrogen-bond donors (Lipinski definition) is 1. The van der Waals surface area contributed by atoms with Gasteiger partial charge < -0.3 is 5.11 Å². The predicted molar refractivity (Wildman–Crippen MR) is 67.2 cm³/mol. The molecule has 1 unspecified atom stereocenters. The fourth-order valence-electron chi connectivity index (χ4n) is 2.07. The van der Waals surface area contributed by atoms with Crippen molar-refractivity contribution in [1.82, 2.24) is 0 Å². The van der Waals surface area contributed by atoms with Gasteiger partial charge in [-0.1, -0.05) is 17.7 Å². The molecule has 5 heteroatoms. The lowest BCUT2D eigenvalue weighted by Crippen LogP contribution is -2.35. The molecule has 0 radical (unpaired) electrons. The number of rotatable bonds is 3. The number of carboxylic acids is 1.